The summed E-state index contributed by atoms with van der Waals surface area (Å²) in [5, 5.41) is 4.50. The highest BCUT2D eigenvalue weighted by Crippen LogP contribution is 2.20. The molecule has 9 heteroatoms. The predicted octanol–water partition coefficient (Wildman–Crippen LogP) is 4.14. The van der Waals surface area contributed by atoms with Gasteiger partial charge >= 0.3 is 0 Å². The van der Waals surface area contributed by atoms with Gasteiger partial charge in [-0.1, -0.05) is 6.07 Å². The maximum absolute atomic E-state index is 13.7. The lowest BCUT2D eigenvalue weighted by molar-refractivity contribution is 0.102. The lowest BCUT2D eigenvalue weighted by atomic mass is 10.2. The zero-order valence-electron chi connectivity index (χ0n) is 14.0. The summed E-state index contributed by atoms with van der Waals surface area (Å²) in [6.45, 7) is 0. The first-order chi connectivity index (χ1) is 13.3. The maximum Gasteiger partial charge on any atom is 0.274 e. The van der Waals surface area contributed by atoms with E-state index in [0.717, 1.165) is 24.4 Å². The van der Waals surface area contributed by atoms with Crippen LogP contribution in [-0.2, 0) is 0 Å². The molecule has 0 radical (unpaired) electrons. The number of hydrogen-bond donors (Lipinski definition) is 2. The number of halogens is 4. The molecule has 5 nitrogen and oxygen atoms in total. The minimum absolute atomic E-state index is 0.0233. The van der Waals surface area contributed by atoms with Crippen LogP contribution in [0, 0.1) is 23.3 Å². The van der Waals surface area contributed by atoms with Crippen molar-refractivity contribution in [3.63, 3.8) is 0 Å². The second kappa shape index (κ2) is 7.87. The first-order valence-electron chi connectivity index (χ1n) is 7.83. The van der Waals surface area contributed by atoms with Gasteiger partial charge in [0.05, 0.1) is 5.69 Å². The van der Waals surface area contributed by atoms with Crippen LogP contribution in [0.2, 0.25) is 0 Å². The number of carbonyl (C=O) groups is 2. The van der Waals surface area contributed by atoms with Crippen molar-refractivity contribution in [2.24, 2.45) is 0 Å². The number of anilines is 2. The highest BCUT2D eigenvalue weighted by molar-refractivity contribution is 6.07. The van der Waals surface area contributed by atoms with Gasteiger partial charge in [0.1, 0.15) is 11.5 Å². The Balaban J connectivity index is 1.78. The molecular formula is C19H11F4N3O2. The first kappa shape index (κ1) is 19.0. The van der Waals surface area contributed by atoms with E-state index in [0.29, 0.717) is 6.07 Å². The number of amides is 2. The van der Waals surface area contributed by atoms with Crippen molar-refractivity contribution < 1.29 is 27.2 Å². The van der Waals surface area contributed by atoms with Gasteiger partial charge in [-0.25, -0.2) is 17.6 Å². The molecule has 0 saturated heterocycles. The van der Waals surface area contributed by atoms with Crippen LogP contribution in [0.4, 0.5) is 28.9 Å². The molecule has 0 aliphatic carbocycles. The number of pyridine rings is 1. The maximum atomic E-state index is 13.7. The summed E-state index contributed by atoms with van der Waals surface area (Å²) in [5.41, 5.74) is -0.622. The Labute approximate surface area is 156 Å². The molecule has 0 unspecified atom stereocenters. The number of aromatic nitrogens is 1. The van der Waals surface area contributed by atoms with Gasteiger partial charge in [-0.15, -0.1) is 0 Å². The molecule has 3 rings (SSSR count). The molecular weight excluding hydrogens is 378 g/mol. The largest absolute Gasteiger partial charge is 0.322 e. The van der Waals surface area contributed by atoms with Gasteiger partial charge in [-0.3, -0.25) is 14.6 Å². The van der Waals surface area contributed by atoms with Crippen molar-refractivity contribution in [1.29, 1.82) is 0 Å². The van der Waals surface area contributed by atoms with Crippen LogP contribution < -0.4 is 10.6 Å². The normalized spacial score (nSPS) is 10.4. The Morgan fingerprint density at radius 2 is 1.61 bits per heavy atom. The lowest BCUT2D eigenvalue weighted by Crippen LogP contribution is -2.18. The van der Waals surface area contributed by atoms with Crippen LogP contribution in [0.1, 0.15) is 20.8 Å². The molecule has 0 fully saturated rings. The smallest absolute Gasteiger partial charge is 0.274 e. The van der Waals surface area contributed by atoms with E-state index >= 15 is 0 Å². The molecule has 0 aliphatic heterocycles. The number of nitrogens with one attached hydrogen (secondary N) is 2. The predicted molar refractivity (Wildman–Crippen MR) is 92.9 cm³/mol. The highest BCUT2D eigenvalue weighted by Gasteiger charge is 2.17. The molecule has 0 saturated carbocycles. The quantitative estimate of drug-likeness (QED) is 0.520. The molecule has 28 heavy (non-hydrogen) atoms. The van der Waals surface area contributed by atoms with Crippen molar-refractivity contribution in [3.05, 3.63) is 89.3 Å². The average Bonchev–Trinajstić information content (AvgIpc) is 2.68. The van der Waals surface area contributed by atoms with Gasteiger partial charge in [-0.2, -0.15) is 0 Å². The fourth-order valence-electron chi connectivity index (χ4n) is 2.27. The van der Waals surface area contributed by atoms with Crippen molar-refractivity contribution in [2.45, 2.75) is 0 Å². The van der Waals surface area contributed by atoms with Gasteiger partial charge in [0, 0.05) is 17.4 Å². The van der Waals surface area contributed by atoms with E-state index in [1.807, 2.05) is 0 Å². The Morgan fingerprint density at radius 3 is 2.36 bits per heavy atom. The van der Waals surface area contributed by atoms with Crippen molar-refractivity contribution in [3.8, 4) is 0 Å². The number of rotatable bonds is 4. The zero-order chi connectivity index (χ0) is 20.3. The molecule has 0 atom stereocenters. The van der Waals surface area contributed by atoms with E-state index in [9.17, 15) is 27.2 Å². The van der Waals surface area contributed by atoms with Crippen molar-refractivity contribution in [1.82, 2.24) is 4.98 Å². The van der Waals surface area contributed by atoms with Gasteiger partial charge in [0.2, 0.25) is 0 Å². The van der Waals surface area contributed by atoms with Gasteiger partial charge < -0.3 is 10.6 Å². The van der Waals surface area contributed by atoms with E-state index in [2.05, 4.69) is 15.6 Å². The highest BCUT2D eigenvalue weighted by atomic mass is 19.2. The Hall–Kier alpha value is -3.75. The molecule has 2 aromatic carbocycles. The standard InChI is InChI=1S/C19H11F4N3O2/c20-11-2-1-3-12(9-11)25-18(27)10-6-7-24-15(8-10)19(28)26-14-5-4-13(21)16(22)17(14)23/h1-9H,(H,25,27)(H,26,28). The molecule has 1 heterocycles. The van der Waals surface area contributed by atoms with E-state index in [1.54, 1.807) is 0 Å². The van der Waals surface area contributed by atoms with Crippen LogP contribution in [0.15, 0.2) is 54.7 Å². The minimum Gasteiger partial charge on any atom is -0.322 e. The summed E-state index contributed by atoms with van der Waals surface area (Å²) >= 11 is 0. The topological polar surface area (TPSA) is 71.1 Å². The van der Waals surface area contributed by atoms with Crippen molar-refractivity contribution in [2.75, 3.05) is 10.6 Å². The third-order valence-corrected chi connectivity index (χ3v) is 3.62. The van der Waals surface area contributed by atoms with E-state index in [1.165, 1.54) is 24.3 Å². The lowest BCUT2D eigenvalue weighted by Gasteiger charge is -2.08. The molecule has 2 N–H and O–H groups in total. The van der Waals surface area contributed by atoms with Crippen LogP contribution in [0.25, 0.3) is 0 Å². The Kier molecular flexibility index (Phi) is 5.35. The fraction of sp³-hybridized carbons (Fsp3) is 0. The van der Waals surface area contributed by atoms with Crippen LogP contribution in [0.5, 0.6) is 0 Å². The second-order valence-electron chi connectivity index (χ2n) is 5.57. The first-order valence-corrected chi connectivity index (χ1v) is 7.83. The van der Waals surface area contributed by atoms with Gasteiger partial charge in [0.15, 0.2) is 17.5 Å². The molecule has 0 spiro atoms. The van der Waals surface area contributed by atoms with E-state index in [4.69, 9.17) is 0 Å². The van der Waals surface area contributed by atoms with Crippen molar-refractivity contribution >= 4 is 23.2 Å². The molecule has 0 aliphatic rings. The van der Waals surface area contributed by atoms with Crippen LogP contribution in [0.3, 0.4) is 0 Å². The molecule has 0 bridgehead atoms. The summed E-state index contributed by atoms with van der Waals surface area (Å²) in [5.74, 6) is -6.81. The third kappa shape index (κ3) is 4.14. The third-order valence-electron chi connectivity index (χ3n) is 3.62. The number of hydrogen-bond acceptors (Lipinski definition) is 3. The SMILES string of the molecule is O=C(Nc1cccc(F)c1)c1ccnc(C(=O)Nc2ccc(F)c(F)c2F)c1. The summed E-state index contributed by atoms with van der Waals surface area (Å²) in [7, 11) is 0. The van der Waals surface area contributed by atoms with Gasteiger partial charge in [-0.05, 0) is 42.5 Å². The minimum atomic E-state index is -1.73. The van der Waals surface area contributed by atoms with Gasteiger partial charge in [0.25, 0.3) is 11.8 Å². The monoisotopic (exact) mass is 389 g/mol. The summed E-state index contributed by atoms with van der Waals surface area (Å²) < 4.78 is 53.1. The van der Waals surface area contributed by atoms with E-state index in [-0.39, 0.29) is 16.9 Å². The van der Waals surface area contributed by atoms with Crippen LogP contribution in [-0.4, -0.2) is 16.8 Å². The Morgan fingerprint density at radius 1 is 0.821 bits per heavy atom. The molecule has 3 aromatic rings. The Bertz CT molecular complexity index is 1070. The molecule has 142 valence electrons. The summed E-state index contributed by atoms with van der Waals surface area (Å²) in [6.07, 6.45) is 1.16. The average molecular weight is 389 g/mol. The number of nitrogens with zero attached hydrogens (tertiary/aromatic N) is 1. The fourth-order valence-corrected chi connectivity index (χ4v) is 2.27. The van der Waals surface area contributed by atoms with E-state index < -0.39 is 40.8 Å². The molecule has 1 aromatic heterocycles. The molecule has 2 amide bonds. The second-order valence-corrected chi connectivity index (χ2v) is 5.57. The number of benzene rings is 2. The summed E-state index contributed by atoms with van der Waals surface area (Å²) in [4.78, 5) is 28.2. The van der Waals surface area contributed by atoms with Crippen LogP contribution >= 0.6 is 0 Å². The summed E-state index contributed by atoms with van der Waals surface area (Å²) in [6, 6.07) is 9.14. The zero-order valence-corrected chi connectivity index (χ0v) is 14.0. The number of carbonyl (C=O) groups excluding carboxylic acids is 2.